The van der Waals surface area contributed by atoms with Crippen molar-refractivity contribution in [1.29, 1.82) is 0 Å². The van der Waals surface area contributed by atoms with E-state index in [2.05, 4.69) is 5.32 Å². The smallest absolute Gasteiger partial charge is 0.135 e. The maximum Gasteiger partial charge on any atom is 0.135 e. The van der Waals surface area contributed by atoms with Gasteiger partial charge >= 0.3 is 0 Å². The zero-order valence-corrected chi connectivity index (χ0v) is 6.33. The maximum absolute atomic E-state index is 10.6. The molecule has 2 nitrogen and oxygen atoms in total. The number of nitrogens with one attached hydrogen (secondary N) is 1. The van der Waals surface area contributed by atoms with Crippen LogP contribution in [-0.4, -0.2) is 18.4 Å². The molecule has 0 radical (unpaired) electrons. The first-order valence-electron chi connectivity index (χ1n) is 3.04. The molecule has 1 fully saturated rings. The van der Waals surface area contributed by atoms with E-state index in [1.165, 1.54) is 0 Å². The average molecular weight is 150 g/mol. The predicted molar refractivity (Wildman–Crippen MR) is 39.0 cm³/mol. The second-order valence-electron chi connectivity index (χ2n) is 2.35. The number of hydrogen-bond donors (Lipinski definition) is 1. The molecule has 1 rings (SSSR count). The molecule has 54 valence electrons. The number of hydrogen-bond acceptors (Lipinski definition) is 2. The zero-order chi connectivity index (χ0) is 5.98. The number of ketones is 1. The Morgan fingerprint density at radius 2 is 2.33 bits per heavy atom. The SMILES string of the molecule is C[C@H]1CC(=O)CCN1.Cl. The molecular weight excluding hydrogens is 138 g/mol. The topological polar surface area (TPSA) is 29.1 Å². The third-order valence-corrected chi connectivity index (χ3v) is 1.43. The van der Waals surface area contributed by atoms with Crippen LogP contribution in [0.3, 0.4) is 0 Å². The number of rotatable bonds is 0. The zero-order valence-electron chi connectivity index (χ0n) is 5.52. The molecular formula is C6H12ClNO. The van der Waals surface area contributed by atoms with Crippen LogP contribution in [0.5, 0.6) is 0 Å². The molecule has 0 unspecified atom stereocenters. The Labute approximate surface area is 61.4 Å². The summed E-state index contributed by atoms with van der Waals surface area (Å²) in [5, 5.41) is 3.19. The van der Waals surface area contributed by atoms with E-state index in [4.69, 9.17) is 0 Å². The van der Waals surface area contributed by atoms with Gasteiger partial charge in [0, 0.05) is 25.4 Å². The third kappa shape index (κ3) is 2.82. The van der Waals surface area contributed by atoms with Crippen LogP contribution in [0.1, 0.15) is 19.8 Å². The summed E-state index contributed by atoms with van der Waals surface area (Å²) in [7, 11) is 0. The van der Waals surface area contributed by atoms with Crippen LogP contribution >= 0.6 is 12.4 Å². The molecule has 0 saturated carbocycles. The first-order valence-corrected chi connectivity index (χ1v) is 3.04. The Morgan fingerprint density at radius 1 is 1.67 bits per heavy atom. The lowest BCUT2D eigenvalue weighted by atomic mass is 10.1. The summed E-state index contributed by atoms with van der Waals surface area (Å²) in [4.78, 5) is 10.6. The summed E-state index contributed by atoms with van der Waals surface area (Å²) in [5.74, 6) is 0.399. The molecule has 9 heavy (non-hydrogen) atoms. The van der Waals surface area contributed by atoms with E-state index in [9.17, 15) is 4.79 Å². The van der Waals surface area contributed by atoms with Gasteiger partial charge in [0.2, 0.25) is 0 Å². The normalized spacial score (nSPS) is 27.2. The maximum atomic E-state index is 10.6. The molecule has 0 aliphatic carbocycles. The first kappa shape index (κ1) is 8.92. The van der Waals surface area contributed by atoms with Crippen molar-refractivity contribution in [2.75, 3.05) is 6.54 Å². The first-order chi connectivity index (χ1) is 3.79. The quantitative estimate of drug-likeness (QED) is 0.551. The fourth-order valence-electron chi connectivity index (χ4n) is 0.974. The molecule has 1 saturated heterocycles. The second-order valence-corrected chi connectivity index (χ2v) is 2.35. The van der Waals surface area contributed by atoms with Crippen LogP contribution in [-0.2, 0) is 4.79 Å². The molecule has 0 aromatic rings. The summed E-state index contributed by atoms with van der Waals surface area (Å²) in [6.07, 6.45) is 1.45. The van der Waals surface area contributed by atoms with Crippen molar-refractivity contribution in [3.8, 4) is 0 Å². The Morgan fingerprint density at radius 3 is 2.67 bits per heavy atom. The lowest BCUT2D eigenvalue weighted by Crippen LogP contribution is -2.35. The van der Waals surface area contributed by atoms with Gasteiger partial charge in [0.1, 0.15) is 5.78 Å². The fraction of sp³-hybridized carbons (Fsp3) is 0.833. The average Bonchev–Trinajstić information content (AvgIpc) is 1.64. The van der Waals surface area contributed by atoms with Crippen LogP contribution in [0.4, 0.5) is 0 Å². The molecule has 0 spiro atoms. The lowest BCUT2D eigenvalue weighted by molar-refractivity contribution is -0.120. The van der Waals surface area contributed by atoms with Gasteiger partial charge < -0.3 is 5.32 Å². The number of piperidine rings is 1. The van der Waals surface area contributed by atoms with Crippen molar-refractivity contribution in [2.45, 2.75) is 25.8 Å². The lowest BCUT2D eigenvalue weighted by Gasteiger charge is -2.17. The minimum absolute atomic E-state index is 0. The molecule has 1 aliphatic rings. The van der Waals surface area contributed by atoms with Crippen LogP contribution in [0.15, 0.2) is 0 Å². The summed E-state index contributed by atoms with van der Waals surface area (Å²) >= 11 is 0. The van der Waals surface area contributed by atoms with E-state index in [0.29, 0.717) is 11.8 Å². The van der Waals surface area contributed by atoms with Gasteiger partial charge in [-0.1, -0.05) is 0 Å². The minimum Gasteiger partial charge on any atom is -0.313 e. The molecule has 1 heterocycles. The summed E-state index contributed by atoms with van der Waals surface area (Å²) < 4.78 is 0. The van der Waals surface area contributed by atoms with E-state index in [-0.39, 0.29) is 12.4 Å². The summed E-state index contributed by atoms with van der Waals surface area (Å²) in [6.45, 7) is 2.91. The largest absolute Gasteiger partial charge is 0.313 e. The number of carbonyl (C=O) groups is 1. The molecule has 1 N–H and O–H groups in total. The van der Waals surface area contributed by atoms with Crippen molar-refractivity contribution in [1.82, 2.24) is 5.32 Å². The van der Waals surface area contributed by atoms with Crippen molar-refractivity contribution in [2.24, 2.45) is 0 Å². The predicted octanol–water partition coefficient (Wildman–Crippen LogP) is 0.749. The van der Waals surface area contributed by atoms with Crippen molar-refractivity contribution in [3.05, 3.63) is 0 Å². The molecule has 0 bridgehead atoms. The van der Waals surface area contributed by atoms with E-state index in [1.807, 2.05) is 6.92 Å². The molecule has 0 amide bonds. The van der Waals surface area contributed by atoms with Crippen molar-refractivity contribution >= 4 is 18.2 Å². The Kier molecular flexibility index (Phi) is 3.82. The highest BCUT2D eigenvalue weighted by Crippen LogP contribution is 2.00. The summed E-state index contributed by atoms with van der Waals surface area (Å²) in [5.41, 5.74) is 0. The molecule has 0 aromatic heterocycles. The van der Waals surface area contributed by atoms with Crippen LogP contribution in [0.2, 0.25) is 0 Å². The number of carbonyl (C=O) groups excluding carboxylic acids is 1. The van der Waals surface area contributed by atoms with Crippen molar-refractivity contribution in [3.63, 3.8) is 0 Å². The minimum atomic E-state index is 0. The van der Waals surface area contributed by atoms with Crippen LogP contribution < -0.4 is 5.32 Å². The third-order valence-electron chi connectivity index (χ3n) is 1.43. The van der Waals surface area contributed by atoms with Gasteiger partial charge in [-0.15, -0.1) is 12.4 Å². The van der Waals surface area contributed by atoms with Gasteiger partial charge in [-0.3, -0.25) is 4.79 Å². The van der Waals surface area contributed by atoms with Crippen molar-refractivity contribution < 1.29 is 4.79 Å². The Hall–Kier alpha value is -0.0800. The van der Waals surface area contributed by atoms with E-state index in [0.717, 1.165) is 19.4 Å². The monoisotopic (exact) mass is 149 g/mol. The van der Waals surface area contributed by atoms with Crippen LogP contribution in [0, 0.1) is 0 Å². The van der Waals surface area contributed by atoms with Gasteiger partial charge in [0.15, 0.2) is 0 Å². The highest BCUT2D eigenvalue weighted by molar-refractivity contribution is 5.85. The standard InChI is InChI=1S/C6H11NO.ClH/c1-5-4-6(8)2-3-7-5;/h5,7H,2-4H2,1H3;1H/t5-;/m0./s1. The number of halogens is 1. The Bertz CT molecular complexity index is 105. The van der Waals surface area contributed by atoms with Crippen LogP contribution in [0.25, 0.3) is 0 Å². The molecule has 1 atom stereocenters. The van der Waals surface area contributed by atoms with E-state index < -0.39 is 0 Å². The highest BCUT2D eigenvalue weighted by atomic mass is 35.5. The molecule has 0 aromatic carbocycles. The van der Waals surface area contributed by atoms with Gasteiger partial charge in [-0.05, 0) is 6.92 Å². The summed E-state index contributed by atoms with van der Waals surface area (Å²) in [6, 6.07) is 0.413. The van der Waals surface area contributed by atoms with Gasteiger partial charge in [-0.2, -0.15) is 0 Å². The van der Waals surface area contributed by atoms with E-state index >= 15 is 0 Å². The van der Waals surface area contributed by atoms with Gasteiger partial charge in [0.05, 0.1) is 0 Å². The van der Waals surface area contributed by atoms with Gasteiger partial charge in [-0.25, -0.2) is 0 Å². The van der Waals surface area contributed by atoms with E-state index in [1.54, 1.807) is 0 Å². The fourth-order valence-corrected chi connectivity index (χ4v) is 0.974. The Balaban J connectivity index is 0.000000640. The second kappa shape index (κ2) is 3.85. The van der Waals surface area contributed by atoms with Gasteiger partial charge in [0.25, 0.3) is 0 Å². The molecule has 1 aliphatic heterocycles. The highest BCUT2D eigenvalue weighted by Gasteiger charge is 2.13. The number of Topliss-reactive ketones (excluding diaryl/α,β-unsaturated/α-hetero) is 1. The molecule has 3 heteroatoms.